The summed E-state index contributed by atoms with van der Waals surface area (Å²) < 4.78 is 0. The van der Waals surface area contributed by atoms with Gasteiger partial charge in [0.1, 0.15) is 0 Å². The fourth-order valence-electron chi connectivity index (χ4n) is 2.38. The van der Waals surface area contributed by atoms with E-state index in [1.54, 1.807) is 19.1 Å². The zero-order valence-corrected chi connectivity index (χ0v) is 13.3. The Balaban J connectivity index is 2.09. The summed E-state index contributed by atoms with van der Waals surface area (Å²) in [6.07, 6.45) is 3.04. The molecule has 0 saturated heterocycles. The number of nitrogens with zero attached hydrogens (tertiary/aromatic N) is 2. The lowest BCUT2D eigenvalue weighted by Crippen LogP contribution is -2.38. The minimum atomic E-state index is -0.428. The third-order valence-electron chi connectivity index (χ3n) is 3.94. The highest BCUT2D eigenvalue weighted by atomic mass is 16.6. The van der Waals surface area contributed by atoms with E-state index >= 15 is 0 Å². The van der Waals surface area contributed by atoms with Gasteiger partial charge in [0, 0.05) is 18.7 Å². The Morgan fingerprint density at radius 2 is 2.14 bits per heavy atom. The number of hydrogen-bond donors (Lipinski definition) is 1. The van der Waals surface area contributed by atoms with Crippen molar-refractivity contribution in [2.75, 3.05) is 11.9 Å². The van der Waals surface area contributed by atoms with Gasteiger partial charge in [-0.05, 0) is 38.2 Å². The van der Waals surface area contributed by atoms with Gasteiger partial charge in [0.2, 0.25) is 0 Å². The van der Waals surface area contributed by atoms with Gasteiger partial charge in [0.25, 0.3) is 5.69 Å². The number of benzene rings is 1. The van der Waals surface area contributed by atoms with Crippen LogP contribution < -0.4 is 5.32 Å². The van der Waals surface area contributed by atoms with Crippen LogP contribution in [0.2, 0.25) is 0 Å². The fourth-order valence-corrected chi connectivity index (χ4v) is 2.38. The lowest BCUT2D eigenvalue weighted by atomic mass is 10.1. The van der Waals surface area contributed by atoms with Crippen molar-refractivity contribution in [3.8, 4) is 0 Å². The molecule has 0 heterocycles. The van der Waals surface area contributed by atoms with Crippen LogP contribution in [0.1, 0.15) is 38.7 Å². The first-order valence-corrected chi connectivity index (χ1v) is 7.71. The van der Waals surface area contributed by atoms with Gasteiger partial charge >= 0.3 is 6.03 Å². The molecule has 0 bridgehead atoms. The van der Waals surface area contributed by atoms with Crippen LogP contribution >= 0.6 is 0 Å². The molecule has 0 aromatic heterocycles. The summed E-state index contributed by atoms with van der Waals surface area (Å²) >= 11 is 0. The van der Waals surface area contributed by atoms with E-state index in [1.165, 1.54) is 6.07 Å². The summed E-state index contributed by atoms with van der Waals surface area (Å²) in [4.78, 5) is 24.9. The number of rotatable bonds is 6. The molecule has 1 aliphatic carbocycles. The highest BCUT2D eigenvalue weighted by Crippen LogP contribution is 2.30. The summed E-state index contributed by atoms with van der Waals surface area (Å²) in [5.74, 6) is 0.536. The topological polar surface area (TPSA) is 75.5 Å². The normalized spacial score (nSPS) is 14.0. The largest absolute Gasteiger partial charge is 0.322 e. The molecule has 1 saturated carbocycles. The van der Waals surface area contributed by atoms with Crippen LogP contribution in [0, 0.1) is 23.0 Å². The maximum atomic E-state index is 12.5. The predicted octanol–water partition coefficient (Wildman–Crippen LogP) is 3.95. The van der Waals surface area contributed by atoms with E-state index in [0.29, 0.717) is 23.2 Å². The first-order chi connectivity index (χ1) is 10.4. The van der Waals surface area contributed by atoms with Gasteiger partial charge in [-0.25, -0.2) is 4.79 Å². The van der Waals surface area contributed by atoms with Crippen LogP contribution in [0.3, 0.4) is 0 Å². The van der Waals surface area contributed by atoms with Gasteiger partial charge in [-0.3, -0.25) is 10.1 Å². The monoisotopic (exact) mass is 305 g/mol. The zero-order chi connectivity index (χ0) is 16.3. The number of carbonyl (C=O) groups excluding carboxylic acids is 1. The smallest absolute Gasteiger partial charge is 0.322 e. The Kier molecular flexibility index (Phi) is 5.00. The molecule has 0 aliphatic heterocycles. The average Bonchev–Trinajstić information content (AvgIpc) is 3.25. The van der Waals surface area contributed by atoms with Gasteiger partial charge in [-0.2, -0.15) is 0 Å². The minimum absolute atomic E-state index is 0.0259. The van der Waals surface area contributed by atoms with Gasteiger partial charge in [-0.15, -0.1) is 0 Å². The van der Waals surface area contributed by atoms with Crippen LogP contribution in [-0.2, 0) is 0 Å². The average molecular weight is 305 g/mol. The standard InChI is InChI=1S/C16H23N3O3/c1-11(2)9-10-18(13-7-8-13)16(20)17-14-5-4-6-15(12(14)3)19(21)22/h4-6,11,13H,7-10H2,1-3H3,(H,17,20). The maximum absolute atomic E-state index is 12.5. The molecule has 120 valence electrons. The predicted molar refractivity (Wildman–Crippen MR) is 86.0 cm³/mol. The minimum Gasteiger partial charge on any atom is -0.322 e. The molecule has 2 amide bonds. The number of nitro benzene ring substituents is 1. The molecule has 22 heavy (non-hydrogen) atoms. The van der Waals surface area contributed by atoms with Crippen molar-refractivity contribution in [2.45, 2.75) is 46.1 Å². The third-order valence-corrected chi connectivity index (χ3v) is 3.94. The molecule has 1 aromatic rings. The lowest BCUT2D eigenvalue weighted by Gasteiger charge is -2.24. The molecule has 0 unspecified atom stereocenters. The number of urea groups is 1. The molecular formula is C16H23N3O3. The molecule has 6 heteroatoms. The van der Waals surface area contributed by atoms with Crippen molar-refractivity contribution in [2.24, 2.45) is 5.92 Å². The molecule has 2 rings (SSSR count). The van der Waals surface area contributed by atoms with E-state index in [1.807, 2.05) is 4.90 Å². The molecule has 1 N–H and O–H groups in total. The molecule has 0 spiro atoms. The summed E-state index contributed by atoms with van der Waals surface area (Å²) in [6.45, 7) is 6.65. The highest BCUT2D eigenvalue weighted by Gasteiger charge is 2.32. The van der Waals surface area contributed by atoms with Crippen molar-refractivity contribution in [3.63, 3.8) is 0 Å². The van der Waals surface area contributed by atoms with Crippen molar-refractivity contribution >= 4 is 17.4 Å². The lowest BCUT2D eigenvalue weighted by molar-refractivity contribution is -0.385. The second-order valence-corrected chi connectivity index (χ2v) is 6.24. The quantitative estimate of drug-likeness (QED) is 0.638. The number of amides is 2. The summed E-state index contributed by atoms with van der Waals surface area (Å²) in [7, 11) is 0. The van der Waals surface area contributed by atoms with E-state index in [2.05, 4.69) is 19.2 Å². The third kappa shape index (κ3) is 3.96. The molecule has 1 aromatic carbocycles. The zero-order valence-electron chi connectivity index (χ0n) is 13.3. The number of carbonyl (C=O) groups is 1. The van der Waals surface area contributed by atoms with Crippen molar-refractivity contribution < 1.29 is 9.72 Å². The van der Waals surface area contributed by atoms with E-state index in [0.717, 1.165) is 25.8 Å². The molecule has 0 atom stereocenters. The number of nitrogens with one attached hydrogen (secondary N) is 1. The highest BCUT2D eigenvalue weighted by molar-refractivity contribution is 5.91. The second kappa shape index (κ2) is 6.77. The van der Waals surface area contributed by atoms with E-state index < -0.39 is 4.92 Å². The van der Waals surface area contributed by atoms with Gasteiger partial charge in [-0.1, -0.05) is 19.9 Å². The molecule has 0 radical (unpaired) electrons. The number of hydrogen-bond acceptors (Lipinski definition) is 3. The van der Waals surface area contributed by atoms with Crippen molar-refractivity contribution in [1.29, 1.82) is 0 Å². The van der Waals surface area contributed by atoms with E-state index in [4.69, 9.17) is 0 Å². The van der Waals surface area contributed by atoms with Crippen LogP contribution in [0.5, 0.6) is 0 Å². The number of nitro groups is 1. The summed E-state index contributed by atoms with van der Waals surface area (Å²) in [5.41, 5.74) is 1.02. The van der Waals surface area contributed by atoms with Crippen molar-refractivity contribution in [3.05, 3.63) is 33.9 Å². The summed E-state index contributed by atoms with van der Waals surface area (Å²) in [6, 6.07) is 4.90. The molecule has 1 aliphatic rings. The van der Waals surface area contributed by atoms with Crippen LogP contribution in [0.15, 0.2) is 18.2 Å². The van der Waals surface area contributed by atoms with E-state index in [-0.39, 0.29) is 11.7 Å². The Morgan fingerprint density at radius 1 is 1.45 bits per heavy atom. The fraction of sp³-hybridized carbons (Fsp3) is 0.562. The van der Waals surface area contributed by atoms with Crippen LogP contribution in [-0.4, -0.2) is 28.4 Å². The van der Waals surface area contributed by atoms with Crippen LogP contribution in [0.4, 0.5) is 16.2 Å². The van der Waals surface area contributed by atoms with E-state index in [9.17, 15) is 14.9 Å². The molecule has 6 nitrogen and oxygen atoms in total. The first kappa shape index (κ1) is 16.3. The second-order valence-electron chi connectivity index (χ2n) is 6.24. The molecule has 1 fully saturated rings. The van der Waals surface area contributed by atoms with Crippen molar-refractivity contribution in [1.82, 2.24) is 4.90 Å². The Labute approximate surface area is 130 Å². The first-order valence-electron chi connectivity index (χ1n) is 7.71. The maximum Gasteiger partial charge on any atom is 0.322 e. The van der Waals surface area contributed by atoms with Gasteiger partial charge < -0.3 is 10.2 Å². The Bertz CT molecular complexity index is 568. The van der Waals surface area contributed by atoms with Gasteiger partial charge in [0.15, 0.2) is 0 Å². The number of anilines is 1. The Hall–Kier alpha value is -2.11. The Morgan fingerprint density at radius 3 is 2.68 bits per heavy atom. The molecular weight excluding hydrogens is 282 g/mol. The summed E-state index contributed by atoms with van der Waals surface area (Å²) in [5, 5.41) is 13.8. The van der Waals surface area contributed by atoms with Crippen LogP contribution in [0.25, 0.3) is 0 Å². The van der Waals surface area contributed by atoms with Gasteiger partial charge in [0.05, 0.1) is 16.2 Å². The SMILES string of the molecule is Cc1c(NC(=O)N(CCC(C)C)C2CC2)cccc1[N+](=O)[O-].